The van der Waals surface area contributed by atoms with Crippen molar-refractivity contribution in [1.82, 2.24) is 15.3 Å². The lowest BCUT2D eigenvalue weighted by molar-refractivity contribution is 0.0659. The van der Waals surface area contributed by atoms with Gasteiger partial charge in [-0.25, -0.2) is 4.79 Å². The summed E-state index contributed by atoms with van der Waals surface area (Å²) in [4.78, 5) is 30.4. The molecule has 0 aliphatic rings. The van der Waals surface area contributed by atoms with Crippen LogP contribution in [-0.2, 0) is 6.54 Å². The number of nitrogens with one attached hydrogen (secondary N) is 1. The second-order valence-electron chi connectivity index (χ2n) is 3.80. The van der Waals surface area contributed by atoms with Crippen LogP contribution in [-0.4, -0.2) is 27.0 Å². The third kappa shape index (κ3) is 3.15. The van der Waals surface area contributed by atoms with Gasteiger partial charge in [0.05, 0.1) is 24.1 Å². The molecule has 0 radical (unpaired) electrons. The minimum atomic E-state index is -1.22. The standard InChI is InChI=1S/C12H11N3O4/c1-7-4-14-8(5-13-7)6-15-11(16)9-2-3-10(19-9)12(17)18/h2-5H,6H2,1H3,(H,15,16)(H,17,18). The molecule has 7 nitrogen and oxygen atoms in total. The predicted octanol–water partition coefficient (Wildman–Crippen LogP) is 1.01. The highest BCUT2D eigenvalue weighted by atomic mass is 16.4. The van der Waals surface area contributed by atoms with Crippen LogP contribution in [0.5, 0.6) is 0 Å². The summed E-state index contributed by atoms with van der Waals surface area (Å²) in [6, 6.07) is 2.53. The van der Waals surface area contributed by atoms with Crippen LogP contribution in [0.2, 0.25) is 0 Å². The molecule has 98 valence electrons. The van der Waals surface area contributed by atoms with E-state index >= 15 is 0 Å². The number of rotatable bonds is 4. The first-order chi connectivity index (χ1) is 9.06. The molecule has 2 aromatic heterocycles. The van der Waals surface area contributed by atoms with Crippen molar-refractivity contribution < 1.29 is 19.1 Å². The Balaban J connectivity index is 1.97. The van der Waals surface area contributed by atoms with Crippen LogP contribution in [0, 0.1) is 6.92 Å². The number of carbonyl (C=O) groups excluding carboxylic acids is 1. The minimum Gasteiger partial charge on any atom is -0.475 e. The molecule has 0 saturated heterocycles. The molecule has 2 aromatic rings. The van der Waals surface area contributed by atoms with Gasteiger partial charge in [-0.2, -0.15) is 0 Å². The number of nitrogens with zero attached hydrogens (tertiary/aromatic N) is 2. The summed E-state index contributed by atoms with van der Waals surface area (Å²) >= 11 is 0. The van der Waals surface area contributed by atoms with Crippen molar-refractivity contribution in [1.29, 1.82) is 0 Å². The van der Waals surface area contributed by atoms with E-state index in [1.165, 1.54) is 12.1 Å². The smallest absolute Gasteiger partial charge is 0.371 e. The molecule has 7 heteroatoms. The van der Waals surface area contributed by atoms with Crippen molar-refractivity contribution >= 4 is 11.9 Å². The summed E-state index contributed by atoms with van der Waals surface area (Å²) in [5, 5.41) is 11.2. The molecule has 0 bridgehead atoms. The average molecular weight is 261 g/mol. The lowest BCUT2D eigenvalue weighted by atomic mass is 10.3. The van der Waals surface area contributed by atoms with Gasteiger partial charge in [0.25, 0.3) is 5.91 Å². The van der Waals surface area contributed by atoms with E-state index in [0.717, 1.165) is 5.69 Å². The van der Waals surface area contributed by atoms with Gasteiger partial charge in [0.1, 0.15) is 0 Å². The van der Waals surface area contributed by atoms with Crippen molar-refractivity contribution in [3.63, 3.8) is 0 Å². The third-order valence-corrected chi connectivity index (χ3v) is 2.31. The molecule has 2 rings (SSSR count). The lowest BCUT2D eigenvalue weighted by Gasteiger charge is -2.02. The molecule has 0 atom stereocenters. The first kappa shape index (κ1) is 12.7. The van der Waals surface area contributed by atoms with Crippen molar-refractivity contribution in [2.45, 2.75) is 13.5 Å². The third-order valence-electron chi connectivity index (χ3n) is 2.31. The predicted molar refractivity (Wildman–Crippen MR) is 63.6 cm³/mol. The number of hydrogen-bond acceptors (Lipinski definition) is 5. The average Bonchev–Trinajstić information content (AvgIpc) is 2.87. The number of aromatic carboxylic acids is 1. The molecule has 0 spiro atoms. The Kier molecular flexibility index (Phi) is 3.56. The molecular weight excluding hydrogens is 250 g/mol. The van der Waals surface area contributed by atoms with Crippen LogP contribution >= 0.6 is 0 Å². The molecule has 0 aliphatic heterocycles. The summed E-state index contributed by atoms with van der Waals surface area (Å²) in [5.41, 5.74) is 1.39. The number of aromatic nitrogens is 2. The molecule has 2 N–H and O–H groups in total. The first-order valence-electron chi connectivity index (χ1n) is 5.45. The number of aryl methyl sites for hydroxylation is 1. The van der Waals surface area contributed by atoms with E-state index in [-0.39, 0.29) is 18.1 Å². The highest BCUT2D eigenvalue weighted by Gasteiger charge is 2.14. The number of furan rings is 1. The van der Waals surface area contributed by atoms with Gasteiger partial charge in [0.15, 0.2) is 5.76 Å². The van der Waals surface area contributed by atoms with Crippen LogP contribution in [0.25, 0.3) is 0 Å². The maximum Gasteiger partial charge on any atom is 0.371 e. The summed E-state index contributed by atoms with van der Waals surface area (Å²) in [6.45, 7) is 2.00. The second-order valence-corrected chi connectivity index (χ2v) is 3.80. The Morgan fingerprint density at radius 1 is 1.26 bits per heavy atom. The molecule has 0 fully saturated rings. The number of amides is 1. The molecule has 0 saturated carbocycles. The van der Waals surface area contributed by atoms with Crippen LogP contribution in [0.1, 0.15) is 32.5 Å². The zero-order chi connectivity index (χ0) is 13.8. The van der Waals surface area contributed by atoms with Gasteiger partial charge >= 0.3 is 5.97 Å². The Bertz CT molecular complexity index is 604. The molecule has 0 unspecified atom stereocenters. The van der Waals surface area contributed by atoms with Crippen LogP contribution < -0.4 is 5.32 Å². The summed E-state index contributed by atoms with van der Waals surface area (Å²) in [5.74, 6) is -2.06. The van der Waals surface area contributed by atoms with Crippen molar-refractivity contribution in [2.75, 3.05) is 0 Å². The van der Waals surface area contributed by atoms with Gasteiger partial charge in [0, 0.05) is 6.20 Å². The zero-order valence-corrected chi connectivity index (χ0v) is 10.1. The van der Waals surface area contributed by atoms with Gasteiger partial charge in [-0.15, -0.1) is 0 Å². The molecule has 2 heterocycles. The van der Waals surface area contributed by atoms with Gasteiger partial charge < -0.3 is 14.8 Å². The number of carboxylic acids is 1. The van der Waals surface area contributed by atoms with Gasteiger partial charge in [-0.05, 0) is 19.1 Å². The van der Waals surface area contributed by atoms with Gasteiger partial charge in [-0.3, -0.25) is 14.8 Å². The van der Waals surface area contributed by atoms with Gasteiger partial charge in [-0.1, -0.05) is 0 Å². The fourth-order valence-electron chi connectivity index (χ4n) is 1.34. The topological polar surface area (TPSA) is 105 Å². The quantitative estimate of drug-likeness (QED) is 0.850. The maximum absolute atomic E-state index is 11.7. The van der Waals surface area contributed by atoms with E-state index < -0.39 is 11.9 Å². The van der Waals surface area contributed by atoms with E-state index in [4.69, 9.17) is 9.52 Å². The number of carboxylic acid groups (broad SMARTS) is 1. The van der Waals surface area contributed by atoms with Crippen LogP contribution in [0.4, 0.5) is 0 Å². The SMILES string of the molecule is Cc1cnc(CNC(=O)c2ccc(C(=O)O)o2)cn1. The van der Waals surface area contributed by atoms with Crippen molar-refractivity contribution in [2.24, 2.45) is 0 Å². The fraction of sp³-hybridized carbons (Fsp3) is 0.167. The van der Waals surface area contributed by atoms with E-state index in [9.17, 15) is 9.59 Å². The van der Waals surface area contributed by atoms with Crippen LogP contribution in [0.15, 0.2) is 28.9 Å². The number of carbonyl (C=O) groups is 2. The van der Waals surface area contributed by atoms with E-state index in [1.54, 1.807) is 12.4 Å². The van der Waals surface area contributed by atoms with Crippen LogP contribution in [0.3, 0.4) is 0 Å². The maximum atomic E-state index is 11.7. The Morgan fingerprint density at radius 3 is 2.58 bits per heavy atom. The van der Waals surface area contributed by atoms with E-state index in [0.29, 0.717) is 5.69 Å². The lowest BCUT2D eigenvalue weighted by Crippen LogP contribution is -2.23. The Hall–Kier alpha value is -2.70. The normalized spacial score (nSPS) is 10.2. The zero-order valence-electron chi connectivity index (χ0n) is 10.1. The summed E-state index contributed by atoms with van der Waals surface area (Å²) in [6.07, 6.45) is 3.15. The fourth-order valence-corrected chi connectivity index (χ4v) is 1.34. The number of hydrogen-bond donors (Lipinski definition) is 2. The highest BCUT2D eigenvalue weighted by molar-refractivity contribution is 5.93. The molecule has 1 amide bonds. The molecule has 0 aromatic carbocycles. The summed E-state index contributed by atoms with van der Waals surface area (Å²) in [7, 11) is 0. The van der Waals surface area contributed by atoms with Crippen molar-refractivity contribution in [3.8, 4) is 0 Å². The van der Waals surface area contributed by atoms with E-state index in [1.807, 2.05) is 6.92 Å². The first-order valence-corrected chi connectivity index (χ1v) is 5.45. The Labute approximate surface area is 108 Å². The van der Waals surface area contributed by atoms with E-state index in [2.05, 4.69) is 15.3 Å². The minimum absolute atomic E-state index is 0.0579. The van der Waals surface area contributed by atoms with Gasteiger partial charge in [0.2, 0.25) is 5.76 Å². The molecular formula is C12H11N3O4. The highest BCUT2D eigenvalue weighted by Crippen LogP contribution is 2.07. The molecule has 0 aliphatic carbocycles. The monoisotopic (exact) mass is 261 g/mol. The Morgan fingerprint density at radius 2 is 2.00 bits per heavy atom. The van der Waals surface area contributed by atoms with Crippen molar-refractivity contribution in [3.05, 3.63) is 47.4 Å². The largest absolute Gasteiger partial charge is 0.475 e. The molecule has 19 heavy (non-hydrogen) atoms. The summed E-state index contributed by atoms with van der Waals surface area (Å²) < 4.78 is 4.87. The second kappa shape index (κ2) is 5.30.